The monoisotopic (exact) mass is 172 g/mol. The molecule has 1 fully saturated rings. The van der Waals surface area contributed by atoms with Crippen molar-refractivity contribution in [3.63, 3.8) is 0 Å². The van der Waals surface area contributed by atoms with Crippen LogP contribution in [0.4, 0.5) is 4.79 Å². The fraction of sp³-hybridized carbons (Fsp3) is 0.875. The van der Waals surface area contributed by atoms with Crippen LogP contribution in [0.2, 0.25) is 0 Å². The first-order valence-corrected chi connectivity index (χ1v) is 4.39. The number of aliphatic hydroxyl groups excluding tert-OH is 1. The van der Waals surface area contributed by atoms with Crippen LogP contribution in [0, 0.1) is 5.92 Å². The predicted molar refractivity (Wildman–Crippen MR) is 45.6 cm³/mol. The van der Waals surface area contributed by atoms with Gasteiger partial charge < -0.3 is 15.7 Å². The summed E-state index contributed by atoms with van der Waals surface area (Å²) in [6, 6.07) is -0.336. The zero-order valence-corrected chi connectivity index (χ0v) is 7.20. The van der Waals surface area contributed by atoms with Gasteiger partial charge >= 0.3 is 6.03 Å². The molecule has 1 saturated heterocycles. The third kappa shape index (κ3) is 2.37. The van der Waals surface area contributed by atoms with Crippen molar-refractivity contribution in [3.8, 4) is 0 Å². The van der Waals surface area contributed by atoms with Crippen molar-refractivity contribution in [3.05, 3.63) is 0 Å². The Morgan fingerprint density at radius 3 is 3.00 bits per heavy atom. The number of hydrogen-bond acceptors (Lipinski definition) is 2. The van der Waals surface area contributed by atoms with Crippen molar-refractivity contribution in [1.29, 1.82) is 0 Å². The molecule has 0 bridgehead atoms. The highest BCUT2D eigenvalue weighted by Crippen LogP contribution is 2.18. The van der Waals surface area contributed by atoms with Crippen LogP contribution in [0.25, 0.3) is 0 Å². The molecule has 1 heterocycles. The number of carbonyl (C=O) groups is 1. The molecule has 1 rings (SSSR count). The van der Waals surface area contributed by atoms with Crippen molar-refractivity contribution in [2.24, 2.45) is 11.7 Å². The van der Waals surface area contributed by atoms with E-state index in [0.717, 1.165) is 32.4 Å². The molecule has 1 unspecified atom stereocenters. The molecule has 4 nitrogen and oxygen atoms in total. The van der Waals surface area contributed by atoms with Gasteiger partial charge in [0, 0.05) is 19.7 Å². The molecule has 70 valence electrons. The normalized spacial score (nSPS) is 24.1. The number of carbonyl (C=O) groups excluding carboxylic acids is 1. The number of likely N-dealkylation sites (tertiary alicyclic amines) is 1. The topological polar surface area (TPSA) is 66.6 Å². The SMILES string of the molecule is NC(=O)N1CCCC(CCO)C1. The molecule has 3 N–H and O–H groups in total. The summed E-state index contributed by atoms with van der Waals surface area (Å²) in [6.45, 7) is 1.70. The highest BCUT2D eigenvalue weighted by molar-refractivity contribution is 5.72. The van der Waals surface area contributed by atoms with Gasteiger partial charge in [-0.05, 0) is 25.2 Å². The molecule has 12 heavy (non-hydrogen) atoms. The van der Waals surface area contributed by atoms with Crippen LogP contribution in [0.3, 0.4) is 0 Å². The Balaban J connectivity index is 2.35. The van der Waals surface area contributed by atoms with E-state index in [-0.39, 0.29) is 12.6 Å². The number of nitrogens with two attached hydrogens (primary N) is 1. The molecule has 0 aromatic heterocycles. The van der Waals surface area contributed by atoms with Gasteiger partial charge in [-0.25, -0.2) is 4.79 Å². The third-order valence-electron chi connectivity index (χ3n) is 2.37. The fourth-order valence-corrected chi connectivity index (χ4v) is 1.68. The molecule has 0 aromatic rings. The van der Waals surface area contributed by atoms with Crippen molar-refractivity contribution in [2.75, 3.05) is 19.7 Å². The Kier molecular flexibility index (Phi) is 3.34. The molecule has 0 aromatic carbocycles. The van der Waals surface area contributed by atoms with Gasteiger partial charge in [0.2, 0.25) is 0 Å². The lowest BCUT2D eigenvalue weighted by molar-refractivity contribution is 0.156. The van der Waals surface area contributed by atoms with Crippen LogP contribution in [-0.4, -0.2) is 35.7 Å². The molecule has 1 aliphatic heterocycles. The van der Waals surface area contributed by atoms with Gasteiger partial charge in [0.15, 0.2) is 0 Å². The Morgan fingerprint density at radius 2 is 2.42 bits per heavy atom. The standard InChI is InChI=1S/C8H16N2O2/c9-8(12)10-4-1-2-7(6-10)3-5-11/h7,11H,1-6H2,(H2,9,12). The molecule has 1 aliphatic rings. The summed E-state index contributed by atoms with van der Waals surface area (Å²) in [6.07, 6.45) is 2.89. The number of hydrogen-bond donors (Lipinski definition) is 2. The first-order chi connectivity index (χ1) is 5.74. The predicted octanol–water partition coefficient (Wildman–Crippen LogP) is 0.159. The first-order valence-electron chi connectivity index (χ1n) is 4.39. The number of rotatable bonds is 2. The fourth-order valence-electron chi connectivity index (χ4n) is 1.68. The highest BCUT2D eigenvalue weighted by atomic mass is 16.3. The highest BCUT2D eigenvalue weighted by Gasteiger charge is 2.21. The van der Waals surface area contributed by atoms with Gasteiger partial charge in [-0.1, -0.05) is 0 Å². The van der Waals surface area contributed by atoms with Gasteiger partial charge in [-0.15, -0.1) is 0 Å². The molecular formula is C8H16N2O2. The number of nitrogens with zero attached hydrogens (tertiary/aromatic N) is 1. The average Bonchev–Trinajstić information content (AvgIpc) is 2.05. The Labute approximate surface area is 72.3 Å². The maximum Gasteiger partial charge on any atom is 0.314 e. The minimum Gasteiger partial charge on any atom is -0.396 e. The van der Waals surface area contributed by atoms with Crippen LogP contribution in [0.1, 0.15) is 19.3 Å². The van der Waals surface area contributed by atoms with Crippen LogP contribution >= 0.6 is 0 Å². The van der Waals surface area contributed by atoms with E-state index in [0.29, 0.717) is 5.92 Å². The van der Waals surface area contributed by atoms with Crippen LogP contribution in [0.5, 0.6) is 0 Å². The Bertz CT molecular complexity index is 159. The zero-order chi connectivity index (χ0) is 8.97. The minimum absolute atomic E-state index is 0.206. The van der Waals surface area contributed by atoms with Gasteiger partial charge in [0.25, 0.3) is 0 Å². The van der Waals surface area contributed by atoms with E-state index < -0.39 is 0 Å². The van der Waals surface area contributed by atoms with Gasteiger partial charge in [0.05, 0.1) is 0 Å². The third-order valence-corrected chi connectivity index (χ3v) is 2.37. The second kappa shape index (κ2) is 4.30. The summed E-state index contributed by atoms with van der Waals surface area (Å²) >= 11 is 0. The Hall–Kier alpha value is -0.770. The van der Waals surface area contributed by atoms with Crippen molar-refractivity contribution in [1.82, 2.24) is 4.90 Å². The lowest BCUT2D eigenvalue weighted by Gasteiger charge is -2.31. The maximum atomic E-state index is 10.8. The number of aliphatic hydroxyl groups is 1. The number of urea groups is 1. The minimum atomic E-state index is -0.336. The van der Waals surface area contributed by atoms with E-state index in [4.69, 9.17) is 10.8 Å². The van der Waals surface area contributed by atoms with Crippen LogP contribution in [0.15, 0.2) is 0 Å². The second-order valence-corrected chi connectivity index (χ2v) is 3.30. The summed E-state index contributed by atoms with van der Waals surface area (Å²) < 4.78 is 0. The number of piperidine rings is 1. The zero-order valence-electron chi connectivity index (χ0n) is 7.20. The van der Waals surface area contributed by atoms with E-state index in [1.54, 1.807) is 4.90 Å². The average molecular weight is 172 g/mol. The summed E-state index contributed by atoms with van der Waals surface area (Å²) in [7, 11) is 0. The molecule has 0 aliphatic carbocycles. The molecule has 1 atom stereocenters. The lowest BCUT2D eigenvalue weighted by atomic mass is 9.95. The maximum absolute atomic E-state index is 10.8. The van der Waals surface area contributed by atoms with E-state index in [2.05, 4.69) is 0 Å². The molecular weight excluding hydrogens is 156 g/mol. The number of primary amides is 1. The summed E-state index contributed by atoms with van der Waals surface area (Å²) in [4.78, 5) is 12.4. The van der Waals surface area contributed by atoms with E-state index in [1.165, 1.54) is 0 Å². The van der Waals surface area contributed by atoms with Crippen molar-refractivity contribution in [2.45, 2.75) is 19.3 Å². The van der Waals surface area contributed by atoms with Crippen LogP contribution < -0.4 is 5.73 Å². The van der Waals surface area contributed by atoms with E-state index >= 15 is 0 Å². The van der Waals surface area contributed by atoms with Gasteiger partial charge in [-0.3, -0.25) is 0 Å². The molecule has 0 saturated carbocycles. The Morgan fingerprint density at radius 1 is 1.67 bits per heavy atom. The number of amides is 2. The van der Waals surface area contributed by atoms with Gasteiger partial charge in [-0.2, -0.15) is 0 Å². The lowest BCUT2D eigenvalue weighted by Crippen LogP contribution is -2.43. The van der Waals surface area contributed by atoms with E-state index in [9.17, 15) is 4.79 Å². The smallest absolute Gasteiger partial charge is 0.314 e. The van der Waals surface area contributed by atoms with Gasteiger partial charge in [0.1, 0.15) is 0 Å². The van der Waals surface area contributed by atoms with Crippen LogP contribution in [-0.2, 0) is 0 Å². The van der Waals surface area contributed by atoms with Crippen molar-refractivity contribution >= 4 is 6.03 Å². The molecule has 0 spiro atoms. The van der Waals surface area contributed by atoms with E-state index in [1.807, 2.05) is 0 Å². The van der Waals surface area contributed by atoms with Crippen molar-refractivity contribution < 1.29 is 9.90 Å². The first kappa shape index (κ1) is 9.32. The molecule has 0 radical (unpaired) electrons. The molecule has 2 amide bonds. The second-order valence-electron chi connectivity index (χ2n) is 3.30. The summed E-state index contributed by atoms with van der Waals surface area (Å²) in [5, 5.41) is 8.71. The quantitative estimate of drug-likeness (QED) is 0.623. The summed E-state index contributed by atoms with van der Waals surface area (Å²) in [5.41, 5.74) is 5.15. The molecule has 4 heteroatoms. The summed E-state index contributed by atoms with van der Waals surface area (Å²) in [5.74, 6) is 0.441. The largest absolute Gasteiger partial charge is 0.396 e.